The maximum absolute atomic E-state index is 11.4. The predicted octanol–water partition coefficient (Wildman–Crippen LogP) is 3.79. The Labute approximate surface area is 163 Å². The Morgan fingerprint density at radius 3 is 2.36 bits per heavy atom. The van der Waals surface area contributed by atoms with Crippen LogP contribution in [0.4, 0.5) is 17.1 Å². The van der Waals surface area contributed by atoms with Crippen LogP contribution in [0.5, 0.6) is 5.75 Å². The highest BCUT2D eigenvalue weighted by atomic mass is 16.6. The number of hydrogen-bond acceptors (Lipinski definition) is 6. The number of nitro benzene ring substituents is 1. The molecule has 144 valence electrons. The molecule has 1 aromatic heterocycles. The van der Waals surface area contributed by atoms with Gasteiger partial charge in [0.1, 0.15) is 5.75 Å². The number of pyridine rings is 1. The van der Waals surface area contributed by atoms with Gasteiger partial charge in [0.05, 0.1) is 17.7 Å². The Morgan fingerprint density at radius 1 is 1.00 bits per heavy atom. The van der Waals surface area contributed by atoms with E-state index in [-0.39, 0.29) is 10.6 Å². The molecule has 3 aromatic rings. The number of ether oxygens (including phenoxy) is 1. The van der Waals surface area contributed by atoms with Crippen molar-refractivity contribution in [2.45, 2.75) is 6.92 Å². The number of aromatic nitrogens is 1. The van der Waals surface area contributed by atoms with E-state index in [2.05, 4.69) is 20.9 Å². The first kappa shape index (κ1) is 18.0. The average Bonchev–Trinajstić information content (AvgIpc) is 2.72. The highest BCUT2D eigenvalue weighted by Crippen LogP contribution is 2.34. The Morgan fingerprint density at radius 2 is 1.68 bits per heavy atom. The summed E-state index contributed by atoms with van der Waals surface area (Å²) in [7, 11) is 1.69. The van der Waals surface area contributed by atoms with Gasteiger partial charge in [-0.2, -0.15) is 0 Å². The summed E-state index contributed by atoms with van der Waals surface area (Å²) in [6.45, 7) is 5.21. The minimum Gasteiger partial charge on any atom is -0.495 e. The van der Waals surface area contributed by atoms with Crippen LogP contribution >= 0.6 is 0 Å². The van der Waals surface area contributed by atoms with E-state index < -0.39 is 0 Å². The number of methoxy groups -OCH3 is 1. The number of aryl methyl sites for hydroxylation is 1. The molecule has 0 N–H and O–H groups in total. The maximum atomic E-state index is 11.4. The monoisotopic (exact) mass is 378 g/mol. The zero-order valence-electron chi connectivity index (χ0n) is 16.0. The molecular formula is C21H22N4O3. The normalized spacial score (nSPS) is 14.4. The topological polar surface area (TPSA) is 71.7 Å². The van der Waals surface area contributed by atoms with Crippen LogP contribution in [-0.2, 0) is 0 Å². The molecule has 2 heterocycles. The van der Waals surface area contributed by atoms with Gasteiger partial charge in [-0.1, -0.05) is 24.3 Å². The summed E-state index contributed by atoms with van der Waals surface area (Å²) in [5.74, 6) is 0.872. The lowest BCUT2D eigenvalue weighted by Gasteiger charge is -2.38. The average molecular weight is 378 g/mol. The van der Waals surface area contributed by atoms with E-state index >= 15 is 0 Å². The molecule has 0 radical (unpaired) electrons. The molecule has 1 fully saturated rings. The first-order valence-electron chi connectivity index (χ1n) is 9.26. The lowest BCUT2D eigenvalue weighted by atomic mass is 10.1. The van der Waals surface area contributed by atoms with Crippen molar-refractivity contribution >= 4 is 28.0 Å². The van der Waals surface area contributed by atoms with Crippen LogP contribution < -0.4 is 14.5 Å². The predicted molar refractivity (Wildman–Crippen MR) is 111 cm³/mol. The van der Waals surface area contributed by atoms with Crippen molar-refractivity contribution in [1.82, 2.24) is 4.98 Å². The van der Waals surface area contributed by atoms with E-state index in [1.165, 1.54) is 6.07 Å². The van der Waals surface area contributed by atoms with Gasteiger partial charge in [0, 0.05) is 49.0 Å². The molecular weight excluding hydrogens is 356 g/mol. The van der Waals surface area contributed by atoms with Gasteiger partial charge in [0.15, 0.2) is 5.52 Å². The first-order chi connectivity index (χ1) is 13.6. The Bertz CT molecular complexity index is 1030. The van der Waals surface area contributed by atoms with Crippen LogP contribution in [-0.4, -0.2) is 43.2 Å². The van der Waals surface area contributed by atoms with Crippen molar-refractivity contribution < 1.29 is 9.66 Å². The SMILES string of the molecule is COc1ccccc1N1CCN(c2cc(C)nc3c([N+](=O)[O-])cccc23)CC1. The van der Waals surface area contributed by atoms with Gasteiger partial charge >= 0.3 is 0 Å². The Balaban J connectivity index is 1.64. The van der Waals surface area contributed by atoms with Crippen molar-refractivity contribution in [1.29, 1.82) is 0 Å². The minimum atomic E-state index is -0.363. The fourth-order valence-electron chi connectivity index (χ4n) is 3.83. The third kappa shape index (κ3) is 3.19. The molecule has 1 saturated heterocycles. The van der Waals surface area contributed by atoms with Gasteiger partial charge in [-0.05, 0) is 25.1 Å². The molecule has 2 aromatic carbocycles. The standard InChI is InChI=1S/C21H22N4O3/c1-15-14-19(16-6-5-8-18(25(26)27)21(16)22-15)24-12-10-23(11-13-24)17-7-3-4-9-20(17)28-2/h3-9,14H,10-13H2,1-2H3. The molecule has 0 spiro atoms. The molecule has 1 aliphatic heterocycles. The molecule has 28 heavy (non-hydrogen) atoms. The van der Waals surface area contributed by atoms with E-state index in [1.807, 2.05) is 37.3 Å². The van der Waals surface area contributed by atoms with E-state index in [1.54, 1.807) is 13.2 Å². The third-order valence-corrected chi connectivity index (χ3v) is 5.17. The molecule has 0 bridgehead atoms. The number of para-hydroxylation sites is 3. The van der Waals surface area contributed by atoms with Crippen molar-refractivity contribution in [2.24, 2.45) is 0 Å². The van der Waals surface area contributed by atoms with Crippen LogP contribution in [0, 0.1) is 17.0 Å². The maximum Gasteiger partial charge on any atom is 0.295 e. The Kier molecular flexibility index (Phi) is 4.73. The molecule has 0 aliphatic carbocycles. The van der Waals surface area contributed by atoms with E-state index in [0.29, 0.717) is 5.52 Å². The molecule has 0 amide bonds. The number of fused-ring (bicyclic) bond motifs is 1. The number of piperazine rings is 1. The molecule has 0 unspecified atom stereocenters. The molecule has 0 saturated carbocycles. The lowest BCUT2D eigenvalue weighted by Crippen LogP contribution is -2.46. The van der Waals surface area contributed by atoms with Crippen LogP contribution in [0.15, 0.2) is 48.5 Å². The van der Waals surface area contributed by atoms with Crippen molar-refractivity contribution in [3.8, 4) is 5.75 Å². The summed E-state index contributed by atoms with van der Waals surface area (Å²) >= 11 is 0. The zero-order valence-corrected chi connectivity index (χ0v) is 16.0. The number of nitrogens with zero attached hydrogens (tertiary/aromatic N) is 4. The summed E-state index contributed by atoms with van der Waals surface area (Å²) in [5, 5.41) is 12.2. The molecule has 7 heteroatoms. The third-order valence-electron chi connectivity index (χ3n) is 5.17. The van der Waals surface area contributed by atoms with Gasteiger partial charge in [-0.3, -0.25) is 10.1 Å². The lowest BCUT2D eigenvalue weighted by molar-refractivity contribution is -0.383. The summed E-state index contributed by atoms with van der Waals surface area (Å²) in [4.78, 5) is 20.1. The largest absolute Gasteiger partial charge is 0.495 e. The summed E-state index contributed by atoms with van der Waals surface area (Å²) in [5.41, 5.74) is 3.38. The van der Waals surface area contributed by atoms with Gasteiger partial charge in [-0.25, -0.2) is 4.98 Å². The number of rotatable bonds is 4. The number of anilines is 2. The van der Waals surface area contributed by atoms with Crippen LogP contribution in [0.2, 0.25) is 0 Å². The van der Waals surface area contributed by atoms with Gasteiger partial charge < -0.3 is 14.5 Å². The number of non-ortho nitro benzene ring substituents is 1. The number of benzene rings is 2. The molecule has 7 nitrogen and oxygen atoms in total. The van der Waals surface area contributed by atoms with Gasteiger partial charge in [0.2, 0.25) is 0 Å². The molecule has 0 atom stereocenters. The molecule has 1 aliphatic rings. The first-order valence-corrected chi connectivity index (χ1v) is 9.26. The van der Waals surface area contributed by atoms with Crippen LogP contribution in [0.1, 0.15) is 5.69 Å². The quantitative estimate of drug-likeness (QED) is 0.508. The van der Waals surface area contributed by atoms with Crippen LogP contribution in [0.25, 0.3) is 10.9 Å². The van der Waals surface area contributed by atoms with E-state index in [9.17, 15) is 10.1 Å². The Hall–Kier alpha value is -3.35. The fraction of sp³-hybridized carbons (Fsp3) is 0.286. The summed E-state index contributed by atoms with van der Waals surface area (Å²) in [6, 6.07) is 15.2. The van der Waals surface area contributed by atoms with Gasteiger partial charge in [0.25, 0.3) is 5.69 Å². The minimum absolute atomic E-state index is 0.0510. The van der Waals surface area contributed by atoms with Gasteiger partial charge in [-0.15, -0.1) is 0 Å². The molecule has 4 rings (SSSR count). The van der Waals surface area contributed by atoms with Crippen molar-refractivity contribution in [2.75, 3.05) is 43.1 Å². The summed E-state index contributed by atoms with van der Waals surface area (Å²) in [6.07, 6.45) is 0. The second-order valence-corrected chi connectivity index (χ2v) is 6.86. The number of nitro groups is 1. The van der Waals surface area contributed by atoms with Crippen molar-refractivity contribution in [3.05, 3.63) is 64.3 Å². The second kappa shape index (κ2) is 7.34. The highest BCUT2D eigenvalue weighted by Gasteiger charge is 2.23. The summed E-state index contributed by atoms with van der Waals surface area (Å²) < 4.78 is 5.49. The zero-order chi connectivity index (χ0) is 19.7. The van der Waals surface area contributed by atoms with E-state index in [4.69, 9.17) is 4.74 Å². The number of hydrogen-bond donors (Lipinski definition) is 0. The highest BCUT2D eigenvalue weighted by molar-refractivity contribution is 5.97. The van der Waals surface area contributed by atoms with E-state index in [0.717, 1.165) is 54.4 Å². The smallest absolute Gasteiger partial charge is 0.295 e. The fourth-order valence-corrected chi connectivity index (χ4v) is 3.83. The van der Waals surface area contributed by atoms with Crippen LogP contribution in [0.3, 0.4) is 0 Å². The second-order valence-electron chi connectivity index (χ2n) is 6.86. The van der Waals surface area contributed by atoms with Crippen molar-refractivity contribution in [3.63, 3.8) is 0 Å².